The van der Waals surface area contributed by atoms with Crippen molar-refractivity contribution in [1.29, 1.82) is 0 Å². The smallest absolute Gasteiger partial charge is 0.0691 e. The summed E-state index contributed by atoms with van der Waals surface area (Å²) in [6.07, 6.45) is 4.69. The maximum Gasteiger partial charge on any atom is 0.0691 e. The second-order valence-electron chi connectivity index (χ2n) is 7.81. The van der Waals surface area contributed by atoms with Crippen molar-refractivity contribution in [2.75, 3.05) is 10.6 Å². The highest BCUT2D eigenvalue weighted by molar-refractivity contribution is 14.1. The van der Waals surface area contributed by atoms with Crippen molar-refractivity contribution in [2.24, 2.45) is 0 Å². The molecule has 1 aliphatic rings. The minimum atomic E-state index is 0.151. The second kappa shape index (κ2) is 9.05. The van der Waals surface area contributed by atoms with Crippen molar-refractivity contribution in [3.63, 3.8) is 0 Å². The highest BCUT2D eigenvalue weighted by atomic mass is 127. The number of nitrogens with two attached hydrogens (primary N) is 1. The maximum atomic E-state index is 6.50. The van der Waals surface area contributed by atoms with Crippen molar-refractivity contribution < 1.29 is 0 Å². The molecule has 0 aliphatic carbocycles. The molecule has 0 fully saturated rings. The number of hydrogen-bond acceptors (Lipinski definition) is 2. The molecule has 1 heterocycles. The van der Waals surface area contributed by atoms with E-state index in [2.05, 4.69) is 131 Å². The van der Waals surface area contributed by atoms with E-state index >= 15 is 0 Å². The van der Waals surface area contributed by atoms with Crippen LogP contribution in [0, 0.1) is 3.57 Å². The molecule has 0 radical (unpaired) electrons. The van der Waals surface area contributed by atoms with Gasteiger partial charge < -0.3 is 10.6 Å². The fraction of sp³-hybridized carbons (Fsp3) is 0.0345. The highest BCUT2D eigenvalue weighted by Gasteiger charge is 2.27. The Labute approximate surface area is 202 Å². The molecule has 32 heavy (non-hydrogen) atoms. The van der Waals surface area contributed by atoms with Crippen LogP contribution in [0.15, 0.2) is 121 Å². The Morgan fingerprint density at radius 3 is 1.62 bits per heavy atom. The third kappa shape index (κ3) is 4.08. The zero-order valence-corrected chi connectivity index (χ0v) is 19.7. The molecule has 0 spiro atoms. The van der Waals surface area contributed by atoms with E-state index in [1.807, 2.05) is 18.2 Å². The molecule has 0 saturated heterocycles. The van der Waals surface area contributed by atoms with Crippen LogP contribution < -0.4 is 10.6 Å². The molecule has 0 bridgehead atoms. The average Bonchev–Trinajstić information content (AvgIpc) is 2.85. The Morgan fingerprint density at radius 1 is 0.594 bits per heavy atom. The predicted octanol–water partition coefficient (Wildman–Crippen LogP) is 7.56. The van der Waals surface area contributed by atoms with E-state index in [-0.39, 0.29) is 5.92 Å². The molecule has 1 aliphatic heterocycles. The third-order valence-electron chi connectivity index (χ3n) is 5.73. The SMILES string of the molecule is Nc1ccccc1N1C(c2ccccc2)=CC(c2ccc(I)cc2)C=C1c1ccccc1. The number of nitrogen functional groups attached to an aromatic ring is 1. The van der Waals surface area contributed by atoms with Gasteiger partial charge in [-0.05, 0) is 75.7 Å². The molecule has 2 nitrogen and oxygen atoms in total. The van der Waals surface area contributed by atoms with E-state index < -0.39 is 0 Å². The van der Waals surface area contributed by atoms with E-state index in [1.165, 1.54) is 9.13 Å². The fourth-order valence-corrected chi connectivity index (χ4v) is 4.52. The van der Waals surface area contributed by atoms with Crippen LogP contribution in [0.1, 0.15) is 22.6 Å². The van der Waals surface area contributed by atoms with Gasteiger partial charge in [0.15, 0.2) is 0 Å². The Balaban J connectivity index is 1.75. The number of para-hydroxylation sites is 2. The first kappa shape index (κ1) is 20.6. The van der Waals surface area contributed by atoms with Crippen LogP contribution in [-0.4, -0.2) is 0 Å². The summed E-state index contributed by atoms with van der Waals surface area (Å²) in [5.41, 5.74) is 14.1. The summed E-state index contributed by atoms with van der Waals surface area (Å²) in [4.78, 5) is 2.29. The lowest BCUT2D eigenvalue weighted by molar-refractivity contribution is 1.04. The van der Waals surface area contributed by atoms with Gasteiger partial charge in [-0.2, -0.15) is 0 Å². The van der Waals surface area contributed by atoms with Gasteiger partial charge in [0.2, 0.25) is 0 Å². The number of anilines is 2. The monoisotopic (exact) mass is 526 g/mol. The quantitative estimate of drug-likeness (QED) is 0.220. The van der Waals surface area contributed by atoms with Gasteiger partial charge in [-0.1, -0.05) is 84.9 Å². The molecule has 0 unspecified atom stereocenters. The molecule has 0 aromatic heterocycles. The van der Waals surface area contributed by atoms with Gasteiger partial charge in [0, 0.05) is 9.49 Å². The summed E-state index contributed by atoms with van der Waals surface area (Å²) in [6, 6.07) is 38.0. The van der Waals surface area contributed by atoms with Crippen LogP contribution in [0.4, 0.5) is 11.4 Å². The molecule has 2 N–H and O–H groups in total. The number of rotatable bonds is 4. The Bertz CT molecular complexity index is 1220. The van der Waals surface area contributed by atoms with Crippen LogP contribution in [0.25, 0.3) is 11.4 Å². The van der Waals surface area contributed by atoms with Crippen molar-refractivity contribution in [2.45, 2.75) is 5.92 Å². The lowest BCUT2D eigenvalue weighted by Gasteiger charge is -2.36. The lowest BCUT2D eigenvalue weighted by atomic mass is 9.89. The molecule has 5 rings (SSSR count). The normalized spacial score (nSPS) is 14.1. The zero-order valence-electron chi connectivity index (χ0n) is 17.5. The molecule has 3 heteroatoms. The molecule has 156 valence electrons. The van der Waals surface area contributed by atoms with Crippen molar-refractivity contribution in [3.8, 4) is 0 Å². The first-order valence-corrected chi connectivity index (χ1v) is 11.7. The minimum Gasteiger partial charge on any atom is -0.397 e. The van der Waals surface area contributed by atoms with Gasteiger partial charge in [-0.15, -0.1) is 0 Å². The summed E-state index contributed by atoms with van der Waals surface area (Å²) in [7, 11) is 0. The maximum absolute atomic E-state index is 6.50. The summed E-state index contributed by atoms with van der Waals surface area (Å²) in [6.45, 7) is 0. The summed E-state index contributed by atoms with van der Waals surface area (Å²) >= 11 is 2.36. The number of allylic oxidation sites excluding steroid dienone is 2. The summed E-state index contributed by atoms with van der Waals surface area (Å²) in [5.74, 6) is 0.151. The van der Waals surface area contributed by atoms with Gasteiger partial charge in [0.05, 0.1) is 22.8 Å². The molecule has 0 amide bonds. The Hall–Kier alpha value is -3.31. The Kier molecular flexibility index (Phi) is 5.82. The van der Waals surface area contributed by atoms with Crippen LogP contribution in [0.5, 0.6) is 0 Å². The van der Waals surface area contributed by atoms with E-state index in [0.29, 0.717) is 0 Å². The van der Waals surface area contributed by atoms with Crippen molar-refractivity contribution in [1.82, 2.24) is 0 Å². The summed E-state index contributed by atoms with van der Waals surface area (Å²) < 4.78 is 1.24. The van der Waals surface area contributed by atoms with Crippen LogP contribution in [0.2, 0.25) is 0 Å². The number of hydrogen-bond donors (Lipinski definition) is 1. The van der Waals surface area contributed by atoms with Gasteiger partial charge in [-0.25, -0.2) is 0 Å². The molecular formula is C29H23IN2. The predicted molar refractivity (Wildman–Crippen MR) is 144 cm³/mol. The van der Waals surface area contributed by atoms with E-state index in [0.717, 1.165) is 33.9 Å². The molecule has 4 aromatic rings. The van der Waals surface area contributed by atoms with Crippen LogP contribution in [-0.2, 0) is 0 Å². The van der Waals surface area contributed by atoms with Crippen molar-refractivity contribution in [3.05, 3.63) is 142 Å². The molecular weight excluding hydrogens is 503 g/mol. The zero-order chi connectivity index (χ0) is 21.9. The van der Waals surface area contributed by atoms with Gasteiger partial charge >= 0.3 is 0 Å². The standard InChI is InChI=1S/C29H23IN2/c30-25-17-15-21(16-18-25)24-19-28(22-9-3-1-4-10-22)32(27-14-8-7-13-26(27)31)29(20-24)23-11-5-2-6-12-23/h1-20,24H,31H2. The largest absolute Gasteiger partial charge is 0.397 e. The first-order chi connectivity index (χ1) is 15.7. The number of benzene rings is 4. The van der Waals surface area contributed by atoms with Gasteiger partial charge in [0.1, 0.15) is 0 Å². The first-order valence-electron chi connectivity index (χ1n) is 10.7. The van der Waals surface area contributed by atoms with Crippen LogP contribution >= 0.6 is 22.6 Å². The minimum absolute atomic E-state index is 0.151. The van der Waals surface area contributed by atoms with Crippen LogP contribution in [0.3, 0.4) is 0 Å². The van der Waals surface area contributed by atoms with E-state index in [4.69, 9.17) is 5.73 Å². The fourth-order valence-electron chi connectivity index (χ4n) is 4.16. The second-order valence-corrected chi connectivity index (χ2v) is 9.05. The summed E-state index contributed by atoms with van der Waals surface area (Å²) in [5, 5.41) is 0. The Morgan fingerprint density at radius 2 is 1.09 bits per heavy atom. The molecule has 0 saturated carbocycles. The lowest BCUT2D eigenvalue weighted by Crippen LogP contribution is -2.25. The van der Waals surface area contributed by atoms with Gasteiger partial charge in [0.25, 0.3) is 0 Å². The average molecular weight is 526 g/mol. The third-order valence-corrected chi connectivity index (χ3v) is 6.45. The van der Waals surface area contributed by atoms with E-state index in [1.54, 1.807) is 0 Å². The number of halogens is 1. The van der Waals surface area contributed by atoms with Crippen molar-refractivity contribution >= 4 is 45.4 Å². The topological polar surface area (TPSA) is 29.3 Å². The molecule has 4 aromatic carbocycles. The van der Waals surface area contributed by atoms with Gasteiger partial charge in [-0.3, -0.25) is 0 Å². The number of nitrogens with zero attached hydrogens (tertiary/aromatic N) is 1. The van der Waals surface area contributed by atoms with E-state index in [9.17, 15) is 0 Å². The highest BCUT2D eigenvalue weighted by Crippen LogP contribution is 2.43. The molecule has 0 atom stereocenters.